The zero-order valence-corrected chi connectivity index (χ0v) is 13.2. The van der Waals surface area contributed by atoms with Gasteiger partial charge in [-0.05, 0) is 25.1 Å². The Morgan fingerprint density at radius 2 is 1.48 bits per heavy atom. The maximum absolute atomic E-state index is 6.48. The SMILES string of the molecule is Cc1ccc2c(c1)c1ccc3c4ccccc4n(C)c3c1n2N. The quantitative estimate of drug-likeness (QED) is 0.421. The number of para-hydroxylation sites is 1. The van der Waals surface area contributed by atoms with Gasteiger partial charge in [-0.1, -0.05) is 42.0 Å². The van der Waals surface area contributed by atoms with Crippen LogP contribution in [-0.2, 0) is 7.05 Å². The molecule has 0 aliphatic carbocycles. The highest BCUT2D eigenvalue weighted by Crippen LogP contribution is 2.37. The first kappa shape index (κ1) is 12.6. The fraction of sp³-hybridized carbons (Fsp3) is 0.100. The Hall–Kier alpha value is -2.94. The van der Waals surface area contributed by atoms with Gasteiger partial charge in [0, 0.05) is 34.1 Å². The smallest absolute Gasteiger partial charge is 0.0946 e. The summed E-state index contributed by atoms with van der Waals surface area (Å²) >= 11 is 0. The lowest BCUT2D eigenvalue weighted by Crippen LogP contribution is -2.07. The van der Waals surface area contributed by atoms with Crippen LogP contribution in [0.4, 0.5) is 0 Å². The van der Waals surface area contributed by atoms with Crippen molar-refractivity contribution in [3.63, 3.8) is 0 Å². The monoisotopic (exact) mass is 299 g/mol. The van der Waals surface area contributed by atoms with Crippen LogP contribution in [0.15, 0.2) is 54.6 Å². The van der Waals surface area contributed by atoms with E-state index < -0.39 is 0 Å². The number of nitrogens with zero attached hydrogens (tertiary/aromatic N) is 2. The molecule has 5 aromatic rings. The van der Waals surface area contributed by atoms with E-state index in [4.69, 9.17) is 5.84 Å². The van der Waals surface area contributed by atoms with E-state index in [1.165, 1.54) is 38.1 Å². The second-order valence-corrected chi connectivity index (χ2v) is 6.32. The summed E-state index contributed by atoms with van der Waals surface area (Å²) in [6, 6.07) is 19.4. The first-order valence-electron chi connectivity index (χ1n) is 7.83. The molecule has 0 radical (unpaired) electrons. The van der Waals surface area contributed by atoms with Gasteiger partial charge in [0.2, 0.25) is 0 Å². The summed E-state index contributed by atoms with van der Waals surface area (Å²) in [5.41, 5.74) is 5.85. The molecule has 0 aliphatic heterocycles. The molecule has 3 nitrogen and oxygen atoms in total. The fourth-order valence-corrected chi connectivity index (χ4v) is 3.91. The lowest BCUT2D eigenvalue weighted by atomic mass is 10.1. The van der Waals surface area contributed by atoms with E-state index in [-0.39, 0.29) is 0 Å². The maximum Gasteiger partial charge on any atom is 0.0946 e. The third-order valence-electron chi connectivity index (χ3n) is 4.98. The average Bonchev–Trinajstić information content (AvgIpc) is 3.01. The Balaban J connectivity index is 2.14. The Morgan fingerprint density at radius 1 is 0.739 bits per heavy atom. The van der Waals surface area contributed by atoms with Crippen LogP contribution < -0.4 is 5.84 Å². The third kappa shape index (κ3) is 1.44. The number of rotatable bonds is 0. The van der Waals surface area contributed by atoms with Crippen LogP contribution in [0.2, 0.25) is 0 Å². The van der Waals surface area contributed by atoms with Crippen molar-refractivity contribution in [2.45, 2.75) is 6.92 Å². The van der Waals surface area contributed by atoms with Crippen molar-refractivity contribution in [1.82, 2.24) is 9.24 Å². The number of aryl methyl sites for hydroxylation is 2. The number of hydrogen-bond acceptors (Lipinski definition) is 1. The van der Waals surface area contributed by atoms with E-state index in [9.17, 15) is 0 Å². The Labute approximate surface area is 133 Å². The molecule has 0 spiro atoms. The normalized spacial score (nSPS) is 12.1. The molecule has 0 bridgehead atoms. The van der Waals surface area contributed by atoms with Crippen LogP contribution in [0.25, 0.3) is 43.6 Å². The van der Waals surface area contributed by atoms with Crippen LogP contribution in [-0.4, -0.2) is 9.24 Å². The molecule has 5 rings (SSSR count). The molecule has 23 heavy (non-hydrogen) atoms. The zero-order valence-electron chi connectivity index (χ0n) is 13.2. The molecule has 0 aliphatic rings. The molecule has 2 aromatic heterocycles. The number of aromatic nitrogens is 2. The van der Waals surface area contributed by atoms with E-state index in [0.717, 1.165) is 11.0 Å². The van der Waals surface area contributed by atoms with Crippen molar-refractivity contribution in [2.75, 3.05) is 5.84 Å². The van der Waals surface area contributed by atoms with Gasteiger partial charge >= 0.3 is 0 Å². The fourth-order valence-electron chi connectivity index (χ4n) is 3.91. The van der Waals surface area contributed by atoms with E-state index in [1.54, 1.807) is 0 Å². The Kier molecular flexibility index (Phi) is 2.23. The molecule has 0 amide bonds. The number of fused-ring (bicyclic) bond motifs is 7. The summed E-state index contributed by atoms with van der Waals surface area (Å²) in [6.07, 6.45) is 0. The van der Waals surface area contributed by atoms with Crippen molar-refractivity contribution in [1.29, 1.82) is 0 Å². The summed E-state index contributed by atoms with van der Waals surface area (Å²) in [5.74, 6) is 6.48. The summed E-state index contributed by atoms with van der Waals surface area (Å²) in [4.78, 5) is 0. The van der Waals surface area contributed by atoms with E-state index in [2.05, 4.69) is 73.1 Å². The molecule has 0 unspecified atom stereocenters. The molecule has 0 saturated heterocycles. The molecule has 2 heterocycles. The summed E-state index contributed by atoms with van der Waals surface area (Å²) in [6.45, 7) is 2.12. The van der Waals surface area contributed by atoms with Crippen LogP contribution in [0.5, 0.6) is 0 Å². The Morgan fingerprint density at radius 3 is 2.30 bits per heavy atom. The van der Waals surface area contributed by atoms with E-state index in [0.29, 0.717) is 0 Å². The molecular weight excluding hydrogens is 282 g/mol. The number of benzene rings is 3. The minimum Gasteiger partial charge on any atom is -0.342 e. The minimum atomic E-state index is 1.07. The van der Waals surface area contributed by atoms with Crippen molar-refractivity contribution < 1.29 is 0 Å². The van der Waals surface area contributed by atoms with Crippen molar-refractivity contribution in [3.8, 4) is 0 Å². The molecule has 0 atom stereocenters. The van der Waals surface area contributed by atoms with Crippen LogP contribution in [0, 0.1) is 6.92 Å². The predicted molar refractivity (Wildman–Crippen MR) is 98.3 cm³/mol. The van der Waals surface area contributed by atoms with Gasteiger partial charge in [-0.25, -0.2) is 0 Å². The van der Waals surface area contributed by atoms with Crippen LogP contribution >= 0.6 is 0 Å². The largest absolute Gasteiger partial charge is 0.342 e. The second-order valence-electron chi connectivity index (χ2n) is 6.32. The summed E-state index contributed by atoms with van der Waals surface area (Å²) in [5, 5.41) is 4.95. The highest BCUT2D eigenvalue weighted by atomic mass is 15.3. The Bertz CT molecular complexity index is 1240. The number of hydrogen-bond donors (Lipinski definition) is 1. The van der Waals surface area contributed by atoms with Gasteiger partial charge in [-0.15, -0.1) is 0 Å². The molecule has 3 aromatic carbocycles. The van der Waals surface area contributed by atoms with Gasteiger partial charge < -0.3 is 10.4 Å². The predicted octanol–water partition coefficient (Wildman–Crippen LogP) is 4.46. The molecule has 112 valence electrons. The lowest BCUT2D eigenvalue weighted by molar-refractivity contribution is 1.01. The van der Waals surface area contributed by atoms with Gasteiger partial charge in [0.25, 0.3) is 0 Å². The van der Waals surface area contributed by atoms with Gasteiger partial charge in [0.15, 0.2) is 0 Å². The summed E-state index contributed by atoms with van der Waals surface area (Å²) < 4.78 is 4.09. The van der Waals surface area contributed by atoms with Gasteiger partial charge in [-0.3, -0.25) is 4.68 Å². The van der Waals surface area contributed by atoms with Crippen molar-refractivity contribution in [3.05, 3.63) is 60.2 Å². The third-order valence-corrected chi connectivity index (χ3v) is 4.98. The molecule has 2 N–H and O–H groups in total. The topological polar surface area (TPSA) is 35.9 Å². The molecule has 3 heteroatoms. The lowest BCUT2D eigenvalue weighted by Gasteiger charge is -2.03. The number of nitrogen functional groups attached to an aromatic ring is 1. The highest BCUT2D eigenvalue weighted by molar-refractivity contribution is 6.22. The average molecular weight is 299 g/mol. The zero-order chi connectivity index (χ0) is 15.7. The molecule has 0 saturated carbocycles. The first-order valence-corrected chi connectivity index (χ1v) is 7.83. The maximum atomic E-state index is 6.48. The molecule has 0 fully saturated rings. The van der Waals surface area contributed by atoms with Gasteiger partial charge in [0.1, 0.15) is 0 Å². The standard InChI is InChI=1S/C20H17N3/c1-12-7-10-18-16(11-12)15-9-8-14-13-5-3-4-6-17(13)22(2)19(14)20(15)23(18)21/h3-11H,21H2,1-2H3. The van der Waals surface area contributed by atoms with Crippen LogP contribution in [0.3, 0.4) is 0 Å². The van der Waals surface area contributed by atoms with E-state index in [1.807, 2.05) is 4.68 Å². The van der Waals surface area contributed by atoms with Gasteiger partial charge in [-0.2, -0.15) is 0 Å². The highest BCUT2D eigenvalue weighted by Gasteiger charge is 2.16. The number of nitrogens with two attached hydrogens (primary N) is 1. The minimum absolute atomic E-state index is 1.07. The molecular formula is C20H17N3. The second kappa shape index (κ2) is 4.07. The van der Waals surface area contributed by atoms with Crippen molar-refractivity contribution >= 4 is 43.6 Å². The first-order chi connectivity index (χ1) is 11.2. The van der Waals surface area contributed by atoms with Crippen molar-refractivity contribution in [2.24, 2.45) is 7.05 Å². The van der Waals surface area contributed by atoms with Gasteiger partial charge in [0.05, 0.1) is 16.6 Å². The van der Waals surface area contributed by atoms with E-state index >= 15 is 0 Å². The van der Waals surface area contributed by atoms with Crippen LogP contribution in [0.1, 0.15) is 5.56 Å². The summed E-state index contributed by atoms with van der Waals surface area (Å²) in [7, 11) is 2.12.